The second-order valence-electron chi connectivity index (χ2n) is 7.90. The molecule has 1 atom stereocenters. The molecule has 1 fully saturated rings. The number of carbonyl (C=O) groups is 1. The van der Waals surface area contributed by atoms with E-state index in [4.69, 9.17) is 0 Å². The van der Waals surface area contributed by atoms with Crippen molar-refractivity contribution in [3.05, 3.63) is 88.0 Å². The molecule has 1 aromatic carbocycles. The molecule has 4 aromatic rings. The van der Waals surface area contributed by atoms with Crippen molar-refractivity contribution in [2.45, 2.75) is 18.9 Å². The van der Waals surface area contributed by atoms with Crippen molar-refractivity contribution < 1.29 is 13.6 Å². The van der Waals surface area contributed by atoms with Gasteiger partial charge in [0, 0.05) is 31.4 Å². The summed E-state index contributed by atoms with van der Waals surface area (Å²) < 4.78 is 29.8. The smallest absolute Gasteiger partial charge is 0.260 e. The third kappa shape index (κ3) is 3.73. The number of hydrogen-bond acceptors (Lipinski definition) is 5. The predicted molar refractivity (Wildman–Crippen MR) is 118 cm³/mol. The second-order valence-corrected chi connectivity index (χ2v) is 7.90. The number of anilines is 2. The maximum absolute atomic E-state index is 14.5. The Morgan fingerprint density at radius 3 is 2.82 bits per heavy atom. The Bertz CT molecular complexity index is 1400. The molecular formula is C23H20F2N6O2. The van der Waals surface area contributed by atoms with E-state index in [1.807, 2.05) is 4.90 Å². The molecule has 10 heteroatoms. The fourth-order valence-electron chi connectivity index (χ4n) is 4.21. The van der Waals surface area contributed by atoms with Crippen LogP contribution in [0.3, 0.4) is 0 Å². The summed E-state index contributed by atoms with van der Waals surface area (Å²) in [4.78, 5) is 34.3. The van der Waals surface area contributed by atoms with Gasteiger partial charge in [-0.2, -0.15) is 4.52 Å². The van der Waals surface area contributed by atoms with Crippen molar-refractivity contribution in [2.75, 3.05) is 23.4 Å². The van der Waals surface area contributed by atoms with Crippen molar-refractivity contribution in [3.63, 3.8) is 0 Å². The van der Waals surface area contributed by atoms with Crippen LogP contribution in [0.5, 0.6) is 0 Å². The van der Waals surface area contributed by atoms with Crippen LogP contribution in [0.4, 0.5) is 20.4 Å². The van der Waals surface area contributed by atoms with Gasteiger partial charge in [0.05, 0.1) is 17.8 Å². The molecule has 4 heterocycles. The summed E-state index contributed by atoms with van der Waals surface area (Å²) in [6, 6.07) is 9.41. The fourth-order valence-corrected chi connectivity index (χ4v) is 4.21. The lowest BCUT2D eigenvalue weighted by atomic mass is 10.0. The van der Waals surface area contributed by atoms with Crippen LogP contribution in [0.2, 0.25) is 0 Å². The fraction of sp³-hybridized carbons (Fsp3) is 0.217. The molecule has 1 N–H and O–H groups in total. The van der Waals surface area contributed by atoms with Crippen LogP contribution in [-0.2, 0) is 0 Å². The van der Waals surface area contributed by atoms with E-state index in [9.17, 15) is 18.4 Å². The largest absolute Gasteiger partial charge is 0.348 e. The number of nitrogens with zero attached hydrogens (tertiary/aromatic N) is 5. The third-order valence-electron chi connectivity index (χ3n) is 5.87. The number of carbonyl (C=O) groups excluding carboxylic acids is 1. The number of benzene rings is 1. The van der Waals surface area contributed by atoms with Gasteiger partial charge in [0.2, 0.25) is 5.56 Å². The van der Waals surface area contributed by atoms with Gasteiger partial charge in [-0.25, -0.2) is 13.8 Å². The number of aromatic nitrogens is 4. The van der Waals surface area contributed by atoms with Crippen molar-refractivity contribution in [1.29, 1.82) is 0 Å². The van der Waals surface area contributed by atoms with Crippen molar-refractivity contribution in [1.82, 2.24) is 19.6 Å². The molecule has 0 saturated carbocycles. The zero-order valence-electron chi connectivity index (χ0n) is 17.7. The van der Waals surface area contributed by atoms with Gasteiger partial charge < -0.3 is 9.88 Å². The van der Waals surface area contributed by atoms with Gasteiger partial charge in [-0.15, -0.1) is 5.10 Å². The highest BCUT2D eigenvalue weighted by molar-refractivity contribution is 6.05. The first kappa shape index (κ1) is 20.8. The van der Waals surface area contributed by atoms with E-state index in [0.717, 1.165) is 18.6 Å². The van der Waals surface area contributed by atoms with Gasteiger partial charge in [-0.05, 0) is 49.2 Å². The molecule has 0 unspecified atom stereocenters. The van der Waals surface area contributed by atoms with Crippen LogP contribution in [0.15, 0.2) is 59.7 Å². The Balaban J connectivity index is 1.50. The van der Waals surface area contributed by atoms with Crippen molar-refractivity contribution in [3.8, 4) is 0 Å². The summed E-state index contributed by atoms with van der Waals surface area (Å²) in [5.41, 5.74) is 0.836. The SMILES string of the molecule is CN(C(=O)c1ccc(=O)[nH]c1)c1cnc2ccc(N3CCC[C@@H]3c3cc(F)ccc3F)nn12. The minimum atomic E-state index is -0.485. The third-order valence-corrected chi connectivity index (χ3v) is 5.87. The van der Waals surface area contributed by atoms with Crippen LogP contribution in [0, 0.1) is 11.6 Å². The Labute approximate surface area is 187 Å². The normalized spacial score (nSPS) is 15.8. The number of imidazole rings is 1. The summed E-state index contributed by atoms with van der Waals surface area (Å²) in [5, 5.41) is 4.67. The summed E-state index contributed by atoms with van der Waals surface area (Å²) in [6.45, 7) is 0.634. The molecule has 0 spiro atoms. The van der Waals surface area contributed by atoms with E-state index in [1.165, 1.54) is 40.0 Å². The van der Waals surface area contributed by atoms with E-state index in [-0.39, 0.29) is 17.5 Å². The maximum Gasteiger partial charge on any atom is 0.260 e. The first-order chi connectivity index (χ1) is 15.9. The van der Waals surface area contributed by atoms with Gasteiger partial charge in [0.15, 0.2) is 11.5 Å². The number of halogens is 2. The number of nitrogens with one attached hydrogen (secondary N) is 1. The van der Waals surface area contributed by atoms with Gasteiger partial charge in [0.1, 0.15) is 17.5 Å². The zero-order chi connectivity index (χ0) is 23.1. The minimum absolute atomic E-state index is 0.297. The van der Waals surface area contributed by atoms with Crippen LogP contribution in [-0.4, -0.2) is 39.1 Å². The Morgan fingerprint density at radius 2 is 2.03 bits per heavy atom. The maximum atomic E-state index is 14.5. The summed E-state index contributed by atoms with van der Waals surface area (Å²) in [7, 11) is 1.59. The van der Waals surface area contributed by atoms with Gasteiger partial charge in [-0.3, -0.25) is 14.5 Å². The summed E-state index contributed by atoms with van der Waals surface area (Å²) in [6.07, 6.45) is 4.36. The highest BCUT2D eigenvalue weighted by Gasteiger charge is 2.30. The number of pyridine rings is 1. The molecule has 0 aliphatic carbocycles. The summed E-state index contributed by atoms with van der Waals surface area (Å²) in [5.74, 6) is -0.292. The zero-order valence-corrected chi connectivity index (χ0v) is 17.7. The molecule has 0 bridgehead atoms. The molecule has 168 valence electrons. The predicted octanol–water partition coefficient (Wildman–Crippen LogP) is 3.31. The van der Waals surface area contributed by atoms with Crippen LogP contribution in [0.25, 0.3) is 5.65 Å². The van der Waals surface area contributed by atoms with E-state index < -0.39 is 11.6 Å². The Kier molecular flexibility index (Phi) is 5.12. The number of aromatic amines is 1. The molecule has 3 aromatic heterocycles. The van der Waals surface area contributed by atoms with E-state index >= 15 is 0 Å². The molecule has 1 aliphatic heterocycles. The molecule has 1 aliphatic rings. The average molecular weight is 450 g/mol. The van der Waals surface area contributed by atoms with Crippen LogP contribution in [0.1, 0.15) is 34.8 Å². The molecule has 5 rings (SSSR count). The van der Waals surface area contributed by atoms with Crippen molar-refractivity contribution >= 4 is 23.2 Å². The van der Waals surface area contributed by atoms with E-state index in [0.29, 0.717) is 41.4 Å². The van der Waals surface area contributed by atoms with Gasteiger partial charge in [-0.1, -0.05) is 0 Å². The average Bonchev–Trinajstić information content (AvgIpc) is 3.47. The lowest BCUT2D eigenvalue weighted by molar-refractivity contribution is 0.0991. The lowest BCUT2D eigenvalue weighted by Crippen LogP contribution is -2.29. The standard InChI is InChI=1S/C23H20F2N6O2/c1-29(23(33)14-4-9-21(32)27-12-14)22-13-26-19-7-8-20(28-31(19)22)30-10-2-3-18(30)16-11-15(24)5-6-17(16)25/h4-9,11-13,18H,2-3,10H2,1H3,(H,27,32)/t18-/m1/s1. The molecular weight excluding hydrogens is 430 g/mol. The van der Waals surface area contributed by atoms with Gasteiger partial charge >= 0.3 is 0 Å². The molecule has 33 heavy (non-hydrogen) atoms. The molecule has 1 amide bonds. The van der Waals surface area contributed by atoms with Gasteiger partial charge in [0.25, 0.3) is 5.91 Å². The Morgan fingerprint density at radius 1 is 1.18 bits per heavy atom. The second kappa shape index (κ2) is 8.12. The first-order valence-corrected chi connectivity index (χ1v) is 10.5. The minimum Gasteiger partial charge on any atom is -0.348 e. The highest BCUT2D eigenvalue weighted by atomic mass is 19.1. The molecule has 0 radical (unpaired) electrons. The number of rotatable bonds is 4. The van der Waals surface area contributed by atoms with Crippen LogP contribution < -0.4 is 15.4 Å². The Hall–Kier alpha value is -4.08. The molecule has 8 nitrogen and oxygen atoms in total. The van der Waals surface area contributed by atoms with E-state index in [1.54, 1.807) is 19.2 Å². The van der Waals surface area contributed by atoms with Crippen molar-refractivity contribution in [2.24, 2.45) is 0 Å². The topological polar surface area (TPSA) is 86.6 Å². The number of fused-ring (bicyclic) bond motifs is 1. The number of hydrogen-bond donors (Lipinski definition) is 1. The number of amides is 1. The molecule has 1 saturated heterocycles. The lowest BCUT2D eigenvalue weighted by Gasteiger charge is -2.26. The summed E-state index contributed by atoms with van der Waals surface area (Å²) >= 11 is 0. The van der Waals surface area contributed by atoms with E-state index in [2.05, 4.69) is 15.1 Å². The first-order valence-electron chi connectivity index (χ1n) is 10.5. The van der Waals surface area contributed by atoms with Crippen LogP contribution >= 0.6 is 0 Å². The highest BCUT2D eigenvalue weighted by Crippen LogP contribution is 2.36. The monoisotopic (exact) mass is 450 g/mol. The quantitative estimate of drug-likeness (QED) is 0.516. The number of H-pyrrole nitrogens is 1.